The fourth-order valence-electron chi connectivity index (χ4n) is 0.478. The Bertz CT molecular complexity index is 136. The van der Waals surface area contributed by atoms with Crippen LogP contribution >= 0.6 is 24.8 Å². The summed E-state index contributed by atoms with van der Waals surface area (Å²) in [5.74, 6) is 0. The van der Waals surface area contributed by atoms with E-state index in [1.807, 2.05) is 19.1 Å². The first-order chi connectivity index (χ1) is 5.27. The Balaban J connectivity index is 2.96. The number of ether oxygens (including phenoxy) is 1. The number of thiocarbonyl (C=S) groups is 1. The minimum Gasteiger partial charge on any atom is -0.376 e. The van der Waals surface area contributed by atoms with Gasteiger partial charge in [-0.15, -0.1) is 12.6 Å². The Labute approximate surface area is 78.4 Å². The summed E-state index contributed by atoms with van der Waals surface area (Å²) in [6.45, 7) is 4.01. The van der Waals surface area contributed by atoms with Crippen LogP contribution in [-0.4, -0.2) is 24.1 Å². The Morgan fingerprint density at radius 1 is 1.73 bits per heavy atom. The van der Waals surface area contributed by atoms with Crippen molar-refractivity contribution in [1.82, 2.24) is 5.32 Å². The van der Waals surface area contributed by atoms with Crippen LogP contribution in [0.2, 0.25) is 0 Å². The maximum atomic E-state index is 5.18. The van der Waals surface area contributed by atoms with Gasteiger partial charge in [-0.3, -0.25) is 0 Å². The average molecular weight is 191 g/mol. The molecule has 4 heteroatoms. The van der Waals surface area contributed by atoms with E-state index in [0.717, 1.165) is 6.54 Å². The molecular weight excluding hydrogens is 178 g/mol. The summed E-state index contributed by atoms with van der Waals surface area (Å²) >= 11 is 8.57. The fraction of sp³-hybridized carbons (Fsp3) is 0.571. The highest BCUT2D eigenvalue weighted by Crippen LogP contribution is 1.79. The number of allylic oxidation sites excluding steroid dienone is 1. The third kappa shape index (κ3) is 9.94. The molecule has 0 aromatic rings. The van der Waals surface area contributed by atoms with Gasteiger partial charge < -0.3 is 10.1 Å². The second kappa shape index (κ2) is 8.04. The van der Waals surface area contributed by atoms with Gasteiger partial charge in [0.25, 0.3) is 0 Å². The molecule has 0 fully saturated rings. The fourth-order valence-corrected chi connectivity index (χ4v) is 0.692. The molecule has 0 heterocycles. The number of thiol groups is 1. The monoisotopic (exact) mass is 191 g/mol. The van der Waals surface area contributed by atoms with E-state index in [1.54, 1.807) is 0 Å². The molecule has 0 aliphatic rings. The lowest BCUT2D eigenvalue weighted by atomic mass is 10.5. The minimum absolute atomic E-state index is 0.514. The van der Waals surface area contributed by atoms with Crippen molar-refractivity contribution >= 4 is 29.2 Å². The maximum Gasteiger partial charge on any atom is 0.130 e. The molecule has 1 N–H and O–H groups in total. The van der Waals surface area contributed by atoms with E-state index in [9.17, 15) is 0 Å². The topological polar surface area (TPSA) is 21.3 Å². The van der Waals surface area contributed by atoms with E-state index in [0.29, 0.717) is 17.5 Å². The molecule has 0 unspecified atom stereocenters. The summed E-state index contributed by atoms with van der Waals surface area (Å²) in [7, 11) is 0. The minimum atomic E-state index is 0.514. The summed E-state index contributed by atoms with van der Waals surface area (Å²) in [5, 5.41) is 2.87. The Morgan fingerprint density at radius 3 is 3.00 bits per heavy atom. The van der Waals surface area contributed by atoms with Gasteiger partial charge >= 0.3 is 0 Å². The zero-order valence-electron chi connectivity index (χ0n) is 6.54. The predicted molar refractivity (Wildman–Crippen MR) is 55.2 cm³/mol. The number of nitrogens with one attached hydrogen (secondary N) is 1. The van der Waals surface area contributed by atoms with Crippen LogP contribution in [0.4, 0.5) is 0 Å². The number of hydrogen-bond acceptors (Lipinski definition) is 2. The zero-order valence-corrected chi connectivity index (χ0v) is 8.25. The van der Waals surface area contributed by atoms with Gasteiger partial charge in [0.1, 0.15) is 4.32 Å². The van der Waals surface area contributed by atoms with Crippen molar-refractivity contribution in [2.45, 2.75) is 6.92 Å². The summed E-state index contributed by atoms with van der Waals surface area (Å²) < 4.78 is 5.70. The molecule has 0 saturated carbocycles. The van der Waals surface area contributed by atoms with Crippen LogP contribution in [0.15, 0.2) is 12.2 Å². The van der Waals surface area contributed by atoms with Gasteiger partial charge in [0.05, 0.1) is 13.2 Å². The summed E-state index contributed by atoms with van der Waals surface area (Å²) in [6.07, 6.45) is 3.91. The SMILES string of the molecule is CC=CCOCCNC(=S)S. The zero-order chi connectivity index (χ0) is 8.53. The predicted octanol–water partition coefficient (Wildman–Crippen LogP) is 1.38. The number of hydrogen-bond donors (Lipinski definition) is 2. The van der Waals surface area contributed by atoms with Crippen molar-refractivity contribution in [1.29, 1.82) is 0 Å². The summed E-state index contributed by atoms with van der Waals surface area (Å²) in [4.78, 5) is 0. The van der Waals surface area contributed by atoms with E-state index in [2.05, 4.69) is 30.2 Å². The van der Waals surface area contributed by atoms with Crippen LogP contribution in [0.25, 0.3) is 0 Å². The van der Waals surface area contributed by atoms with Crippen molar-refractivity contribution in [3.63, 3.8) is 0 Å². The van der Waals surface area contributed by atoms with Crippen LogP contribution in [0, 0.1) is 0 Å². The molecule has 0 saturated heterocycles. The lowest BCUT2D eigenvalue weighted by Gasteiger charge is -2.02. The molecular formula is C7H13NOS2. The molecule has 11 heavy (non-hydrogen) atoms. The van der Waals surface area contributed by atoms with Crippen LogP contribution in [0.5, 0.6) is 0 Å². The van der Waals surface area contributed by atoms with Gasteiger partial charge in [-0.2, -0.15) is 0 Å². The largest absolute Gasteiger partial charge is 0.376 e. The van der Waals surface area contributed by atoms with Crippen molar-refractivity contribution in [3.05, 3.63) is 12.2 Å². The van der Waals surface area contributed by atoms with Crippen molar-refractivity contribution in [2.75, 3.05) is 19.8 Å². The first kappa shape index (κ1) is 10.9. The van der Waals surface area contributed by atoms with E-state index >= 15 is 0 Å². The van der Waals surface area contributed by atoms with Crippen LogP contribution in [-0.2, 0) is 4.74 Å². The van der Waals surface area contributed by atoms with Crippen molar-refractivity contribution in [3.8, 4) is 0 Å². The van der Waals surface area contributed by atoms with Crippen LogP contribution in [0.3, 0.4) is 0 Å². The molecule has 0 aromatic carbocycles. The Hall–Kier alpha value is -0.0600. The van der Waals surface area contributed by atoms with Gasteiger partial charge in [0.15, 0.2) is 0 Å². The molecule has 2 nitrogen and oxygen atoms in total. The highest BCUT2D eigenvalue weighted by molar-refractivity contribution is 8.11. The first-order valence-electron chi connectivity index (χ1n) is 3.43. The summed E-state index contributed by atoms with van der Waals surface area (Å²) in [6, 6.07) is 0. The van der Waals surface area contributed by atoms with Gasteiger partial charge in [-0.1, -0.05) is 24.4 Å². The van der Waals surface area contributed by atoms with E-state index in [1.165, 1.54) is 0 Å². The molecule has 0 aromatic heterocycles. The van der Waals surface area contributed by atoms with Gasteiger partial charge in [0.2, 0.25) is 0 Å². The molecule has 0 bridgehead atoms. The van der Waals surface area contributed by atoms with E-state index in [-0.39, 0.29) is 0 Å². The first-order valence-corrected chi connectivity index (χ1v) is 4.28. The van der Waals surface area contributed by atoms with Gasteiger partial charge in [-0.05, 0) is 6.92 Å². The molecule has 64 valence electrons. The molecule has 0 atom stereocenters. The maximum absolute atomic E-state index is 5.18. The summed E-state index contributed by atoms with van der Waals surface area (Å²) in [5.41, 5.74) is 0. The Kier molecular flexibility index (Phi) is 8.00. The second-order valence-corrected chi connectivity index (χ2v) is 3.03. The molecule has 0 spiro atoms. The molecule has 0 radical (unpaired) electrons. The average Bonchev–Trinajstić information content (AvgIpc) is 1.96. The lowest BCUT2D eigenvalue weighted by molar-refractivity contribution is 0.167. The molecule has 0 aliphatic carbocycles. The smallest absolute Gasteiger partial charge is 0.130 e. The Morgan fingerprint density at radius 2 is 2.45 bits per heavy atom. The highest BCUT2D eigenvalue weighted by Gasteiger charge is 1.86. The molecule has 0 amide bonds. The van der Waals surface area contributed by atoms with Gasteiger partial charge in [0, 0.05) is 6.54 Å². The standard InChI is InChI=1S/C7H13NOS2/c1-2-3-5-9-6-4-8-7(10)11/h2-3H,4-6H2,1H3,(H2,8,10,11). The van der Waals surface area contributed by atoms with Crippen LogP contribution in [0.1, 0.15) is 6.92 Å². The molecule has 0 rings (SSSR count). The number of rotatable bonds is 5. The second-order valence-electron chi connectivity index (χ2n) is 1.88. The highest BCUT2D eigenvalue weighted by atomic mass is 32.1. The van der Waals surface area contributed by atoms with Crippen molar-refractivity contribution < 1.29 is 4.74 Å². The van der Waals surface area contributed by atoms with Crippen molar-refractivity contribution in [2.24, 2.45) is 0 Å². The third-order valence-corrected chi connectivity index (χ3v) is 1.27. The molecule has 0 aliphatic heterocycles. The third-order valence-electron chi connectivity index (χ3n) is 0.972. The quantitative estimate of drug-likeness (QED) is 0.297. The van der Waals surface area contributed by atoms with Crippen LogP contribution < -0.4 is 5.32 Å². The van der Waals surface area contributed by atoms with E-state index in [4.69, 9.17) is 4.74 Å². The normalized spacial score (nSPS) is 10.4. The van der Waals surface area contributed by atoms with Gasteiger partial charge in [-0.25, -0.2) is 0 Å². The lowest BCUT2D eigenvalue weighted by Crippen LogP contribution is -2.21. The van der Waals surface area contributed by atoms with E-state index < -0.39 is 0 Å².